The van der Waals surface area contributed by atoms with Crippen molar-refractivity contribution in [1.82, 2.24) is 15.8 Å². The second-order valence-electron chi connectivity index (χ2n) is 10.8. The average Bonchev–Trinajstić information content (AvgIpc) is 2.89. The Labute approximate surface area is 232 Å². The van der Waals surface area contributed by atoms with Crippen LogP contribution in [0.1, 0.15) is 66.6 Å². The van der Waals surface area contributed by atoms with Crippen molar-refractivity contribution in [3.05, 3.63) is 92.9 Å². The minimum atomic E-state index is -0.790. The molecule has 0 saturated heterocycles. The first-order valence-electron chi connectivity index (χ1n) is 13.0. The fourth-order valence-electron chi connectivity index (χ4n) is 4.38. The zero-order valence-electron chi connectivity index (χ0n) is 23.8. The summed E-state index contributed by atoms with van der Waals surface area (Å²) in [6.07, 6.45) is -0.790. The number of carbonyl (C=O) groups is 2. The molecule has 2 amide bonds. The van der Waals surface area contributed by atoms with Crippen LogP contribution < -0.4 is 21.6 Å². The third-order valence-electron chi connectivity index (χ3n) is 6.19. The molecule has 0 aliphatic carbocycles. The largest absolute Gasteiger partial charge is 0.455 e. The number of hydrogen-bond donors (Lipinski definition) is 3. The molecular weight excluding hydrogens is 508 g/mol. The van der Waals surface area contributed by atoms with E-state index in [1.54, 1.807) is 46.8 Å². The molecule has 2 heterocycles. The number of nitrogens with one attached hydrogen (secondary N) is 3. The van der Waals surface area contributed by atoms with E-state index in [4.69, 9.17) is 9.15 Å². The summed E-state index contributed by atoms with van der Waals surface area (Å²) < 4.78 is 11.6. The number of fused-ring (bicyclic) bond motifs is 1. The number of hydrogen-bond acceptors (Lipinski definition) is 7. The Kier molecular flexibility index (Phi) is 7.95. The number of aryl methyl sites for hydroxylation is 2. The molecule has 0 aliphatic rings. The van der Waals surface area contributed by atoms with Crippen LogP contribution in [0, 0.1) is 20.8 Å². The zero-order valence-corrected chi connectivity index (χ0v) is 23.8. The van der Waals surface area contributed by atoms with Gasteiger partial charge < -0.3 is 14.5 Å². The molecule has 3 N–H and O–H groups in total. The van der Waals surface area contributed by atoms with Gasteiger partial charge in [-0.1, -0.05) is 36.4 Å². The lowest BCUT2D eigenvalue weighted by molar-refractivity contribution is 0.0483. The lowest BCUT2D eigenvalue weighted by Crippen LogP contribution is -2.44. The van der Waals surface area contributed by atoms with Crippen molar-refractivity contribution >= 4 is 28.7 Å². The third kappa shape index (κ3) is 6.31. The van der Waals surface area contributed by atoms with E-state index >= 15 is 0 Å². The number of hydrazine groups is 1. The average molecular weight is 543 g/mol. The van der Waals surface area contributed by atoms with Crippen molar-refractivity contribution in [2.45, 2.75) is 60.1 Å². The molecule has 9 heteroatoms. The maximum atomic E-state index is 13.4. The molecule has 0 aliphatic heterocycles. The Morgan fingerprint density at radius 3 is 2.35 bits per heavy atom. The van der Waals surface area contributed by atoms with Crippen molar-refractivity contribution in [2.24, 2.45) is 0 Å². The number of nitrogens with zero attached hydrogens (tertiary/aromatic N) is 1. The SMILES string of the molecule is Cc1cc([C@@H](C)Nc2ccc(C)nc2C(=O)NNC(=O)OC(C)(C)C)c2oc(-c3ccccc3)c(C)c(=O)c2c1. The van der Waals surface area contributed by atoms with Crippen LogP contribution in [0.2, 0.25) is 0 Å². The molecule has 40 heavy (non-hydrogen) atoms. The van der Waals surface area contributed by atoms with Gasteiger partial charge in [-0.25, -0.2) is 15.2 Å². The van der Waals surface area contributed by atoms with Crippen LogP contribution >= 0.6 is 0 Å². The molecule has 9 nitrogen and oxygen atoms in total. The van der Waals surface area contributed by atoms with Crippen molar-refractivity contribution in [1.29, 1.82) is 0 Å². The van der Waals surface area contributed by atoms with Gasteiger partial charge in [-0.3, -0.25) is 15.0 Å². The van der Waals surface area contributed by atoms with Crippen LogP contribution in [0.25, 0.3) is 22.3 Å². The highest BCUT2D eigenvalue weighted by molar-refractivity contribution is 5.98. The van der Waals surface area contributed by atoms with E-state index in [0.29, 0.717) is 33.7 Å². The van der Waals surface area contributed by atoms with Crippen LogP contribution in [0.4, 0.5) is 10.5 Å². The van der Waals surface area contributed by atoms with E-state index in [2.05, 4.69) is 21.2 Å². The molecular formula is C31H34N4O5. The van der Waals surface area contributed by atoms with Crippen LogP contribution in [0.3, 0.4) is 0 Å². The van der Waals surface area contributed by atoms with Gasteiger partial charge in [0.15, 0.2) is 11.1 Å². The second kappa shape index (κ2) is 11.2. The Bertz CT molecular complexity index is 1640. The molecule has 0 saturated carbocycles. The number of benzene rings is 2. The first-order valence-corrected chi connectivity index (χ1v) is 13.0. The number of carbonyl (C=O) groups excluding carboxylic acids is 2. The van der Waals surface area contributed by atoms with Gasteiger partial charge in [-0.15, -0.1) is 0 Å². The van der Waals surface area contributed by atoms with Crippen LogP contribution in [-0.4, -0.2) is 22.6 Å². The maximum absolute atomic E-state index is 13.4. The molecule has 0 bridgehead atoms. The van der Waals surface area contributed by atoms with Crippen molar-refractivity contribution in [2.75, 3.05) is 5.32 Å². The lowest BCUT2D eigenvalue weighted by atomic mass is 9.98. The zero-order chi connectivity index (χ0) is 29.2. The van der Waals surface area contributed by atoms with Gasteiger partial charge in [0, 0.05) is 22.4 Å². The van der Waals surface area contributed by atoms with Gasteiger partial charge in [-0.2, -0.15) is 0 Å². The molecule has 0 fully saturated rings. The van der Waals surface area contributed by atoms with Gasteiger partial charge in [0.1, 0.15) is 16.9 Å². The topological polar surface area (TPSA) is 123 Å². The first kappa shape index (κ1) is 28.4. The molecule has 0 spiro atoms. The molecule has 4 aromatic rings. The first-order chi connectivity index (χ1) is 18.8. The second-order valence-corrected chi connectivity index (χ2v) is 10.8. The smallest absolute Gasteiger partial charge is 0.426 e. The predicted octanol–water partition coefficient (Wildman–Crippen LogP) is 6.12. The lowest BCUT2D eigenvalue weighted by Gasteiger charge is -2.21. The monoisotopic (exact) mass is 542 g/mol. The molecule has 208 valence electrons. The fourth-order valence-corrected chi connectivity index (χ4v) is 4.38. The van der Waals surface area contributed by atoms with E-state index < -0.39 is 17.6 Å². The van der Waals surface area contributed by atoms with E-state index in [9.17, 15) is 14.4 Å². The number of aromatic nitrogens is 1. The Hall–Kier alpha value is -4.66. The summed E-state index contributed by atoms with van der Waals surface area (Å²) in [5.41, 5.74) is 8.41. The van der Waals surface area contributed by atoms with Crippen molar-refractivity contribution < 1.29 is 18.7 Å². The standard InChI is InChI=1S/C31H34N4O5/c1-17-15-22(28-23(16-17)26(36)19(3)27(39-28)21-11-9-8-10-12-21)20(4)33-24-14-13-18(2)32-25(24)29(37)34-35-30(38)40-31(5,6)7/h8-16,20,33H,1-7H3,(H,34,37)(H,35,38)/t20-/m1/s1. The Morgan fingerprint density at radius 2 is 1.68 bits per heavy atom. The van der Waals surface area contributed by atoms with Gasteiger partial charge in [0.05, 0.1) is 17.1 Å². The number of amides is 2. The fraction of sp³-hybridized carbons (Fsp3) is 0.290. The summed E-state index contributed by atoms with van der Waals surface area (Å²) >= 11 is 0. The maximum Gasteiger partial charge on any atom is 0.426 e. The molecule has 0 unspecified atom stereocenters. The van der Waals surface area contributed by atoms with Crippen LogP contribution in [0.5, 0.6) is 0 Å². The van der Waals surface area contributed by atoms with Crippen molar-refractivity contribution in [3.63, 3.8) is 0 Å². The van der Waals surface area contributed by atoms with Crippen molar-refractivity contribution in [3.8, 4) is 11.3 Å². The van der Waals surface area contributed by atoms with Crippen LogP contribution in [-0.2, 0) is 4.74 Å². The van der Waals surface area contributed by atoms with E-state index in [1.165, 1.54) is 0 Å². The van der Waals surface area contributed by atoms with E-state index in [1.807, 2.05) is 56.3 Å². The minimum Gasteiger partial charge on any atom is -0.455 e. The number of anilines is 1. The summed E-state index contributed by atoms with van der Waals surface area (Å²) in [5, 5.41) is 3.83. The third-order valence-corrected chi connectivity index (χ3v) is 6.19. The van der Waals surface area contributed by atoms with Crippen LogP contribution in [0.15, 0.2) is 63.8 Å². The van der Waals surface area contributed by atoms with Gasteiger partial charge in [-0.05, 0) is 72.2 Å². The van der Waals surface area contributed by atoms with E-state index in [-0.39, 0.29) is 17.2 Å². The highest BCUT2D eigenvalue weighted by Crippen LogP contribution is 2.32. The Balaban J connectivity index is 1.69. The van der Waals surface area contributed by atoms with Gasteiger partial charge in [0.25, 0.3) is 5.91 Å². The number of ether oxygens (including phenoxy) is 1. The molecule has 2 aromatic heterocycles. The summed E-state index contributed by atoms with van der Waals surface area (Å²) in [6, 6.07) is 16.4. The normalized spacial score (nSPS) is 12.1. The predicted molar refractivity (Wildman–Crippen MR) is 155 cm³/mol. The summed E-state index contributed by atoms with van der Waals surface area (Å²) in [5.74, 6) is -0.104. The number of rotatable bonds is 5. The summed E-state index contributed by atoms with van der Waals surface area (Å²) in [4.78, 5) is 42.8. The highest BCUT2D eigenvalue weighted by atomic mass is 16.6. The summed E-state index contributed by atoms with van der Waals surface area (Å²) in [7, 11) is 0. The van der Waals surface area contributed by atoms with Gasteiger partial charge >= 0.3 is 6.09 Å². The summed E-state index contributed by atoms with van der Waals surface area (Å²) in [6.45, 7) is 12.5. The molecule has 4 rings (SSSR count). The molecule has 2 aromatic carbocycles. The quantitative estimate of drug-likeness (QED) is 0.260. The molecule has 1 atom stereocenters. The number of pyridine rings is 1. The Morgan fingerprint density at radius 1 is 0.975 bits per heavy atom. The van der Waals surface area contributed by atoms with E-state index in [0.717, 1.165) is 16.7 Å². The minimum absolute atomic E-state index is 0.0853. The highest BCUT2D eigenvalue weighted by Gasteiger charge is 2.22. The molecule has 0 radical (unpaired) electrons. The van der Waals surface area contributed by atoms with Gasteiger partial charge in [0.2, 0.25) is 0 Å².